The van der Waals surface area contributed by atoms with Crippen molar-refractivity contribution in [3.63, 3.8) is 0 Å². The van der Waals surface area contributed by atoms with Crippen molar-refractivity contribution in [1.29, 1.82) is 0 Å². The summed E-state index contributed by atoms with van der Waals surface area (Å²) in [6.45, 7) is 5.67. The van der Waals surface area contributed by atoms with Crippen LogP contribution in [0.2, 0.25) is 0 Å². The second-order valence-electron chi connectivity index (χ2n) is 8.16. The SMILES string of the molecule is CN1CCN(CCc2ccc(NC(=O)c3csc(CCc4ccccc4)n3)cc2)CC1. The molecule has 0 saturated carbocycles. The van der Waals surface area contributed by atoms with Crippen LogP contribution in [0.4, 0.5) is 5.69 Å². The Morgan fingerprint density at radius 3 is 2.39 bits per heavy atom. The van der Waals surface area contributed by atoms with Crippen molar-refractivity contribution in [2.75, 3.05) is 45.1 Å². The molecule has 162 valence electrons. The molecule has 2 heterocycles. The molecule has 0 aliphatic carbocycles. The normalized spacial score (nSPS) is 15.1. The number of benzene rings is 2. The number of anilines is 1. The summed E-state index contributed by atoms with van der Waals surface area (Å²) in [4.78, 5) is 22.0. The highest BCUT2D eigenvalue weighted by Gasteiger charge is 2.14. The molecule has 0 bridgehead atoms. The maximum atomic E-state index is 12.6. The Balaban J connectivity index is 1.24. The van der Waals surface area contributed by atoms with E-state index < -0.39 is 0 Å². The summed E-state index contributed by atoms with van der Waals surface area (Å²) in [6, 6.07) is 18.6. The molecule has 3 aromatic rings. The number of hydrogen-bond acceptors (Lipinski definition) is 5. The van der Waals surface area contributed by atoms with Crippen LogP contribution in [0.25, 0.3) is 0 Å². The van der Waals surface area contributed by atoms with Crippen molar-refractivity contribution >= 4 is 22.9 Å². The Bertz CT molecular complexity index is 963. The molecule has 2 aromatic carbocycles. The van der Waals surface area contributed by atoms with E-state index >= 15 is 0 Å². The molecule has 31 heavy (non-hydrogen) atoms. The molecule has 1 aliphatic heterocycles. The maximum absolute atomic E-state index is 12.6. The van der Waals surface area contributed by atoms with Crippen molar-refractivity contribution in [3.8, 4) is 0 Å². The quantitative estimate of drug-likeness (QED) is 0.583. The van der Waals surface area contributed by atoms with Gasteiger partial charge in [-0.1, -0.05) is 42.5 Å². The molecule has 1 fully saturated rings. The zero-order valence-electron chi connectivity index (χ0n) is 18.1. The molecular formula is C25H30N4OS. The van der Waals surface area contributed by atoms with Gasteiger partial charge in [-0.2, -0.15) is 0 Å². The fraction of sp³-hybridized carbons (Fsp3) is 0.360. The molecule has 1 aromatic heterocycles. The van der Waals surface area contributed by atoms with Gasteiger partial charge in [0.15, 0.2) is 0 Å². The summed E-state index contributed by atoms with van der Waals surface area (Å²) >= 11 is 1.55. The molecule has 6 heteroatoms. The minimum Gasteiger partial charge on any atom is -0.321 e. The molecule has 4 rings (SSSR count). The van der Waals surface area contributed by atoms with Crippen LogP contribution in [0.3, 0.4) is 0 Å². The summed E-state index contributed by atoms with van der Waals surface area (Å²) in [6.07, 6.45) is 2.82. The predicted octanol–water partition coefficient (Wildman–Crippen LogP) is 3.97. The Hall–Kier alpha value is -2.54. The van der Waals surface area contributed by atoms with Crippen LogP contribution in [0.1, 0.15) is 26.6 Å². The number of nitrogens with one attached hydrogen (secondary N) is 1. The van der Waals surface area contributed by atoms with Gasteiger partial charge in [0.2, 0.25) is 0 Å². The van der Waals surface area contributed by atoms with Crippen LogP contribution in [0, 0.1) is 0 Å². The highest BCUT2D eigenvalue weighted by molar-refractivity contribution is 7.09. The van der Waals surface area contributed by atoms with Crippen LogP contribution >= 0.6 is 11.3 Å². The number of nitrogens with zero attached hydrogens (tertiary/aromatic N) is 3. The topological polar surface area (TPSA) is 48.5 Å². The van der Waals surface area contributed by atoms with Crippen LogP contribution in [-0.2, 0) is 19.3 Å². The standard InChI is InChI=1S/C25H30N4OS/c1-28-15-17-29(18-16-28)14-13-21-7-10-22(11-8-21)26-25(30)23-19-31-24(27-23)12-9-20-5-3-2-4-6-20/h2-8,10-11,19H,9,12-18H2,1H3,(H,26,30). The first-order valence-corrected chi connectivity index (χ1v) is 11.8. The predicted molar refractivity (Wildman–Crippen MR) is 128 cm³/mol. The van der Waals surface area contributed by atoms with E-state index in [9.17, 15) is 4.79 Å². The van der Waals surface area contributed by atoms with Gasteiger partial charge in [-0.15, -0.1) is 11.3 Å². The molecular weight excluding hydrogens is 404 g/mol. The molecule has 1 aliphatic rings. The lowest BCUT2D eigenvalue weighted by atomic mass is 10.1. The average molecular weight is 435 g/mol. The molecule has 0 unspecified atom stereocenters. The van der Waals surface area contributed by atoms with E-state index in [1.807, 2.05) is 35.7 Å². The minimum absolute atomic E-state index is 0.146. The molecule has 1 saturated heterocycles. The first kappa shape index (κ1) is 21.7. The summed E-state index contributed by atoms with van der Waals surface area (Å²) < 4.78 is 0. The highest BCUT2D eigenvalue weighted by Crippen LogP contribution is 2.16. The molecule has 0 atom stereocenters. The van der Waals surface area contributed by atoms with Crippen molar-refractivity contribution in [2.45, 2.75) is 19.3 Å². The lowest BCUT2D eigenvalue weighted by molar-refractivity contribution is 0.102. The van der Waals surface area contributed by atoms with Gasteiger partial charge < -0.3 is 15.1 Å². The summed E-state index contributed by atoms with van der Waals surface area (Å²) in [5.74, 6) is -0.146. The fourth-order valence-electron chi connectivity index (χ4n) is 3.73. The van der Waals surface area contributed by atoms with Gasteiger partial charge in [-0.05, 0) is 43.1 Å². The average Bonchev–Trinajstić information content (AvgIpc) is 3.28. The van der Waals surface area contributed by atoms with Crippen LogP contribution in [0.5, 0.6) is 0 Å². The third-order valence-electron chi connectivity index (χ3n) is 5.78. The Morgan fingerprint density at radius 1 is 0.935 bits per heavy atom. The number of carbonyl (C=O) groups is 1. The Morgan fingerprint density at radius 2 is 1.65 bits per heavy atom. The van der Waals surface area contributed by atoms with Gasteiger partial charge in [0.25, 0.3) is 5.91 Å². The van der Waals surface area contributed by atoms with E-state index in [2.05, 4.69) is 51.4 Å². The van der Waals surface area contributed by atoms with Gasteiger partial charge in [-0.25, -0.2) is 4.98 Å². The van der Waals surface area contributed by atoms with Crippen molar-refractivity contribution in [3.05, 3.63) is 81.8 Å². The summed E-state index contributed by atoms with van der Waals surface area (Å²) in [7, 11) is 2.18. The van der Waals surface area contributed by atoms with Crippen LogP contribution in [0.15, 0.2) is 60.0 Å². The summed E-state index contributed by atoms with van der Waals surface area (Å²) in [5.41, 5.74) is 3.89. The van der Waals surface area contributed by atoms with E-state index in [1.165, 1.54) is 11.1 Å². The molecule has 0 radical (unpaired) electrons. The number of aryl methyl sites for hydroxylation is 2. The molecule has 1 N–H and O–H groups in total. The molecule has 0 spiro atoms. The second kappa shape index (κ2) is 10.7. The van der Waals surface area contributed by atoms with Gasteiger partial charge in [0.1, 0.15) is 5.69 Å². The monoisotopic (exact) mass is 434 g/mol. The third kappa shape index (κ3) is 6.47. The smallest absolute Gasteiger partial charge is 0.275 e. The number of thiazole rings is 1. The number of likely N-dealkylation sites (N-methyl/N-ethyl adjacent to an activating group) is 1. The van der Waals surface area contributed by atoms with Crippen molar-refractivity contribution in [2.24, 2.45) is 0 Å². The van der Waals surface area contributed by atoms with Crippen LogP contribution < -0.4 is 5.32 Å². The van der Waals surface area contributed by atoms with E-state index in [0.29, 0.717) is 5.69 Å². The van der Waals surface area contributed by atoms with Gasteiger partial charge in [0, 0.05) is 50.2 Å². The number of aromatic nitrogens is 1. The number of rotatable bonds is 8. The molecule has 5 nitrogen and oxygen atoms in total. The van der Waals surface area contributed by atoms with Gasteiger partial charge in [-0.3, -0.25) is 4.79 Å². The highest BCUT2D eigenvalue weighted by atomic mass is 32.1. The number of piperazine rings is 1. The van der Waals surface area contributed by atoms with Gasteiger partial charge in [0.05, 0.1) is 5.01 Å². The maximum Gasteiger partial charge on any atom is 0.275 e. The minimum atomic E-state index is -0.146. The zero-order valence-corrected chi connectivity index (χ0v) is 18.9. The van der Waals surface area contributed by atoms with Crippen molar-refractivity contribution < 1.29 is 4.79 Å². The Kier molecular flexibility index (Phi) is 7.46. The fourth-order valence-corrected chi connectivity index (χ4v) is 4.51. The van der Waals surface area contributed by atoms with E-state index in [4.69, 9.17) is 0 Å². The largest absolute Gasteiger partial charge is 0.321 e. The lowest BCUT2D eigenvalue weighted by Gasteiger charge is -2.32. The first-order valence-electron chi connectivity index (χ1n) is 11.0. The first-order chi connectivity index (χ1) is 15.2. The number of carbonyl (C=O) groups excluding carboxylic acids is 1. The van der Waals surface area contributed by atoms with E-state index in [1.54, 1.807) is 11.3 Å². The Labute approximate surface area is 188 Å². The lowest BCUT2D eigenvalue weighted by Crippen LogP contribution is -2.45. The zero-order chi connectivity index (χ0) is 21.5. The number of amides is 1. The van der Waals surface area contributed by atoms with Gasteiger partial charge >= 0.3 is 0 Å². The number of hydrogen-bond donors (Lipinski definition) is 1. The molecule has 1 amide bonds. The van der Waals surface area contributed by atoms with Crippen LogP contribution in [-0.4, -0.2) is 60.5 Å². The second-order valence-corrected chi connectivity index (χ2v) is 9.10. The van der Waals surface area contributed by atoms with E-state index in [0.717, 1.165) is 62.7 Å². The van der Waals surface area contributed by atoms with E-state index in [-0.39, 0.29) is 5.91 Å². The third-order valence-corrected chi connectivity index (χ3v) is 6.69. The van der Waals surface area contributed by atoms with Crippen molar-refractivity contribution in [1.82, 2.24) is 14.8 Å². The summed E-state index contributed by atoms with van der Waals surface area (Å²) in [5, 5.41) is 5.81.